The number of hydrogen-bond donors (Lipinski definition) is 0. The van der Waals surface area contributed by atoms with E-state index in [1.165, 1.54) is 118 Å². The summed E-state index contributed by atoms with van der Waals surface area (Å²) in [6.45, 7) is 27.6. The topological polar surface area (TPSA) is 36.9 Å². The molecule has 82 heavy (non-hydrogen) atoms. The quantitative estimate of drug-likeness (QED) is 0.0361. The Bertz CT molecular complexity index is 2470. The van der Waals surface area contributed by atoms with Crippen molar-refractivity contribution >= 4 is 27.4 Å². The third-order valence-corrected chi connectivity index (χ3v) is 19.8. The average Bonchev–Trinajstić information content (AvgIpc) is 3.68. The van der Waals surface area contributed by atoms with Gasteiger partial charge in [-0.15, -0.1) is 0 Å². The van der Waals surface area contributed by atoms with Crippen LogP contribution in [0.25, 0.3) is 11.1 Å². The van der Waals surface area contributed by atoms with E-state index in [0.717, 1.165) is 173 Å². The highest BCUT2D eigenvalue weighted by Crippen LogP contribution is 2.47. The standard InChI is InChI=1S/C76H108O4P2/c1-13-25-33-65-57(21-9)45-53-73(69(65)37-29-17-5)77-81(78-74-54-46-58(22-10)66(34-26-14-2)70(74)38-30-18-6)63-49-41-61(42-50-63)62-43-51-64(52-44-62)82(79-75-55-47-59(23-11)67(35-27-15-3)71(75)39-31-19-7)80-76-56-48-60(24-12)68(36-28-16-4)72(76)40-32-20-8/h41-56H,13-40H2,1-12H3. The summed E-state index contributed by atoms with van der Waals surface area (Å²) in [5.41, 5.74) is 19.6. The van der Waals surface area contributed by atoms with Crippen LogP contribution < -0.4 is 28.7 Å². The molecule has 0 unspecified atom stereocenters. The maximum atomic E-state index is 7.43. The van der Waals surface area contributed by atoms with E-state index in [1.54, 1.807) is 0 Å². The van der Waals surface area contributed by atoms with Crippen LogP contribution in [0, 0.1) is 0 Å². The Morgan fingerprint density at radius 1 is 0.232 bits per heavy atom. The van der Waals surface area contributed by atoms with E-state index in [1.807, 2.05) is 0 Å². The second kappa shape index (κ2) is 36.3. The Kier molecular flexibility index (Phi) is 29.4. The number of rotatable bonds is 39. The Hall–Kier alpha value is -4.62. The molecule has 0 N–H and O–H groups in total. The number of aryl methyl sites for hydroxylation is 4. The maximum Gasteiger partial charge on any atom is 0.326 e. The highest BCUT2D eigenvalue weighted by molar-refractivity contribution is 7.57. The summed E-state index contributed by atoms with van der Waals surface area (Å²) in [6, 6.07) is 36.6. The normalized spacial score (nSPS) is 11.5. The molecule has 6 aromatic rings. The van der Waals surface area contributed by atoms with Crippen molar-refractivity contribution in [1.82, 2.24) is 0 Å². The molecule has 0 amide bonds. The van der Waals surface area contributed by atoms with E-state index in [0.29, 0.717) is 0 Å². The molecule has 0 aliphatic carbocycles. The molecule has 6 aromatic carbocycles. The van der Waals surface area contributed by atoms with Crippen molar-refractivity contribution in [1.29, 1.82) is 0 Å². The van der Waals surface area contributed by atoms with Crippen LogP contribution in [0.4, 0.5) is 0 Å². The number of unbranched alkanes of at least 4 members (excludes halogenated alkanes) is 8. The Balaban J connectivity index is 1.45. The first-order chi connectivity index (χ1) is 40.2. The van der Waals surface area contributed by atoms with Gasteiger partial charge in [-0.05, 0) is 255 Å². The van der Waals surface area contributed by atoms with Gasteiger partial charge >= 0.3 is 16.8 Å². The largest absolute Gasteiger partial charge is 0.435 e. The summed E-state index contributed by atoms with van der Waals surface area (Å²) in [4.78, 5) is 0. The summed E-state index contributed by atoms with van der Waals surface area (Å²) in [6.07, 6.45) is 31.0. The zero-order valence-corrected chi connectivity index (χ0v) is 55.4. The highest BCUT2D eigenvalue weighted by atomic mass is 31.2. The predicted molar refractivity (Wildman–Crippen MR) is 360 cm³/mol. The first-order valence-electron chi connectivity index (χ1n) is 33.3. The first-order valence-corrected chi connectivity index (χ1v) is 35.6. The van der Waals surface area contributed by atoms with E-state index >= 15 is 0 Å². The van der Waals surface area contributed by atoms with Gasteiger partial charge in [0.25, 0.3) is 0 Å². The van der Waals surface area contributed by atoms with Crippen LogP contribution in [-0.2, 0) is 77.0 Å². The van der Waals surface area contributed by atoms with Gasteiger partial charge in [0.1, 0.15) is 23.0 Å². The van der Waals surface area contributed by atoms with Gasteiger partial charge in [0.05, 0.1) is 10.6 Å². The molecular weight excluding hydrogens is 1040 g/mol. The summed E-state index contributed by atoms with van der Waals surface area (Å²) in [5, 5.41) is 2.15. The minimum absolute atomic E-state index is 0.988. The second-order valence-corrected chi connectivity index (χ2v) is 25.7. The van der Waals surface area contributed by atoms with Crippen LogP contribution in [0.15, 0.2) is 97.1 Å². The molecule has 0 radical (unpaired) electrons. The van der Waals surface area contributed by atoms with Gasteiger partial charge in [-0.1, -0.05) is 183 Å². The molecular formula is C76H108O4P2. The summed E-state index contributed by atoms with van der Waals surface area (Å²) in [7, 11) is -3.11. The molecule has 4 nitrogen and oxygen atoms in total. The molecule has 0 aliphatic heterocycles. The van der Waals surface area contributed by atoms with E-state index < -0.39 is 16.8 Å². The van der Waals surface area contributed by atoms with Crippen molar-refractivity contribution in [3.05, 3.63) is 164 Å². The van der Waals surface area contributed by atoms with Crippen LogP contribution >= 0.6 is 16.8 Å². The fourth-order valence-electron chi connectivity index (χ4n) is 11.9. The molecule has 0 aliphatic rings. The molecule has 0 saturated heterocycles. The lowest BCUT2D eigenvalue weighted by atomic mass is 9.91. The Labute approximate surface area is 503 Å². The zero-order chi connectivity index (χ0) is 58.6. The van der Waals surface area contributed by atoms with Crippen LogP contribution in [-0.4, -0.2) is 0 Å². The molecule has 0 aromatic heterocycles. The van der Waals surface area contributed by atoms with E-state index in [-0.39, 0.29) is 0 Å². The molecule has 6 heteroatoms. The van der Waals surface area contributed by atoms with E-state index in [4.69, 9.17) is 18.1 Å². The van der Waals surface area contributed by atoms with Gasteiger partial charge < -0.3 is 18.1 Å². The fourth-order valence-corrected chi connectivity index (χ4v) is 14.6. The van der Waals surface area contributed by atoms with Gasteiger partial charge in [0.15, 0.2) is 0 Å². The van der Waals surface area contributed by atoms with Crippen molar-refractivity contribution in [2.75, 3.05) is 0 Å². The molecule has 446 valence electrons. The number of hydrogen-bond acceptors (Lipinski definition) is 4. The van der Waals surface area contributed by atoms with Gasteiger partial charge in [0, 0.05) is 0 Å². The van der Waals surface area contributed by atoms with Gasteiger partial charge in [0.2, 0.25) is 0 Å². The van der Waals surface area contributed by atoms with Gasteiger partial charge in [-0.25, -0.2) is 0 Å². The maximum absolute atomic E-state index is 7.43. The first kappa shape index (κ1) is 66.5. The van der Waals surface area contributed by atoms with E-state index in [2.05, 4.69) is 180 Å². The number of benzene rings is 6. The van der Waals surface area contributed by atoms with Crippen LogP contribution in [0.1, 0.15) is 253 Å². The van der Waals surface area contributed by atoms with Crippen molar-refractivity contribution in [3.63, 3.8) is 0 Å². The van der Waals surface area contributed by atoms with Gasteiger partial charge in [-0.2, -0.15) is 0 Å². The zero-order valence-electron chi connectivity index (χ0n) is 53.6. The highest BCUT2D eigenvalue weighted by Gasteiger charge is 2.28. The Morgan fingerprint density at radius 3 is 0.610 bits per heavy atom. The minimum Gasteiger partial charge on any atom is -0.435 e. The molecule has 0 spiro atoms. The van der Waals surface area contributed by atoms with Crippen molar-refractivity contribution in [2.24, 2.45) is 0 Å². The van der Waals surface area contributed by atoms with E-state index in [9.17, 15) is 0 Å². The van der Waals surface area contributed by atoms with Gasteiger partial charge in [-0.3, -0.25) is 0 Å². The lowest BCUT2D eigenvalue weighted by molar-refractivity contribution is 0.490. The smallest absolute Gasteiger partial charge is 0.326 e. The lowest BCUT2D eigenvalue weighted by Gasteiger charge is -2.26. The fraction of sp³-hybridized carbons (Fsp3) is 0.526. The summed E-state index contributed by atoms with van der Waals surface area (Å²) >= 11 is 0. The molecule has 6 rings (SSSR count). The third-order valence-electron chi connectivity index (χ3n) is 16.9. The van der Waals surface area contributed by atoms with Crippen LogP contribution in [0.2, 0.25) is 0 Å². The van der Waals surface area contributed by atoms with Crippen molar-refractivity contribution < 1.29 is 18.1 Å². The predicted octanol–water partition coefficient (Wildman–Crippen LogP) is 22.5. The summed E-state index contributed by atoms with van der Waals surface area (Å²) in [5.74, 6) is 3.95. The third kappa shape index (κ3) is 18.2. The van der Waals surface area contributed by atoms with Crippen LogP contribution in [0.3, 0.4) is 0 Å². The summed E-state index contributed by atoms with van der Waals surface area (Å²) < 4.78 is 29.7. The monoisotopic (exact) mass is 1150 g/mol. The second-order valence-electron chi connectivity index (χ2n) is 22.9. The van der Waals surface area contributed by atoms with Crippen molar-refractivity contribution in [3.8, 4) is 34.1 Å². The molecule has 0 atom stereocenters. The molecule has 0 fully saturated rings. The SMILES string of the molecule is CCCCc1c(CC)ccc(OP(Oc2ccc(CC)c(CCCC)c2CCCC)c2ccc(-c3ccc(P(Oc4ccc(CC)c(CCCC)c4CCCC)Oc4ccc(CC)c(CCCC)c4CCCC)cc3)cc2)c1CCCC. The minimum atomic E-state index is -1.56. The molecule has 0 bridgehead atoms. The van der Waals surface area contributed by atoms with Crippen molar-refractivity contribution in [2.45, 2.75) is 263 Å². The molecule has 0 saturated carbocycles. The lowest BCUT2D eigenvalue weighted by Crippen LogP contribution is -2.14. The van der Waals surface area contributed by atoms with Crippen LogP contribution in [0.5, 0.6) is 23.0 Å². The average molecular weight is 1150 g/mol. The molecule has 0 heterocycles. The Morgan fingerprint density at radius 2 is 0.427 bits per heavy atom.